The molecular formula is C11H11F2NO. The Kier molecular flexibility index (Phi) is 2.68. The van der Waals surface area contributed by atoms with Crippen molar-refractivity contribution in [1.29, 1.82) is 0 Å². The van der Waals surface area contributed by atoms with Gasteiger partial charge in [0.05, 0.1) is 11.6 Å². The summed E-state index contributed by atoms with van der Waals surface area (Å²) >= 11 is 0. The first-order valence-corrected chi connectivity index (χ1v) is 4.78. The Balaban J connectivity index is 2.52. The second kappa shape index (κ2) is 3.98. The predicted molar refractivity (Wildman–Crippen MR) is 53.5 cm³/mol. The maximum Gasteiger partial charge on any atom is 0.140 e. The van der Waals surface area contributed by atoms with E-state index < -0.39 is 11.6 Å². The molecule has 0 aliphatic rings. The summed E-state index contributed by atoms with van der Waals surface area (Å²) in [6.07, 6.45) is 2.23. The fourth-order valence-electron chi connectivity index (χ4n) is 1.59. The first-order valence-electron chi connectivity index (χ1n) is 4.78. The van der Waals surface area contributed by atoms with Gasteiger partial charge in [0.25, 0.3) is 0 Å². The minimum atomic E-state index is -0.566. The van der Waals surface area contributed by atoms with Gasteiger partial charge < -0.3 is 10.2 Å². The van der Waals surface area contributed by atoms with E-state index >= 15 is 0 Å². The van der Waals surface area contributed by atoms with E-state index in [1.165, 1.54) is 18.4 Å². The molecule has 2 N–H and O–H groups in total. The van der Waals surface area contributed by atoms with Crippen molar-refractivity contribution in [2.45, 2.75) is 12.8 Å². The number of hydrogen-bond acceptors (Lipinski definition) is 2. The van der Waals surface area contributed by atoms with Gasteiger partial charge in [0.15, 0.2) is 0 Å². The molecule has 2 nitrogen and oxygen atoms in total. The number of nitrogens with two attached hydrogens (primary N) is 1. The van der Waals surface area contributed by atoms with Gasteiger partial charge in [-0.05, 0) is 25.5 Å². The van der Waals surface area contributed by atoms with E-state index in [-0.39, 0.29) is 11.1 Å². The molecule has 4 heteroatoms. The van der Waals surface area contributed by atoms with Gasteiger partial charge in [0, 0.05) is 11.6 Å². The van der Waals surface area contributed by atoms with Gasteiger partial charge in [0.1, 0.15) is 17.2 Å². The maximum atomic E-state index is 13.7. The van der Waals surface area contributed by atoms with Gasteiger partial charge in [-0.15, -0.1) is 0 Å². The highest BCUT2D eigenvalue weighted by atomic mass is 19.1. The number of fused-ring (bicyclic) bond motifs is 1. The molecule has 2 aromatic rings. The molecule has 0 saturated heterocycles. The number of furan rings is 1. The molecule has 1 aromatic heterocycles. The van der Waals surface area contributed by atoms with Crippen LogP contribution >= 0.6 is 0 Å². The van der Waals surface area contributed by atoms with Crippen LogP contribution in [0.2, 0.25) is 0 Å². The van der Waals surface area contributed by atoms with Gasteiger partial charge >= 0.3 is 0 Å². The molecule has 2 rings (SSSR count). The third kappa shape index (κ3) is 1.72. The molecule has 0 aliphatic heterocycles. The Labute approximate surface area is 85.7 Å². The van der Waals surface area contributed by atoms with Gasteiger partial charge in [0.2, 0.25) is 0 Å². The van der Waals surface area contributed by atoms with Crippen LogP contribution in [-0.4, -0.2) is 6.54 Å². The first-order chi connectivity index (χ1) is 7.24. The Morgan fingerprint density at radius 1 is 1.33 bits per heavy atom. The Hall–Kier alpha value is -1.42. The second-order valence-electron chi connectivity index (χ2n) is 3.38. The van der Waals surface area contributed by atoms with E-state index in [1.807, 2.05) is 0 Å². The summed E-state index contributed by atoms with van der Waals surface area (Å²) in [7, 11) is 0. The van der Waals surface area contributed by atoms with E-state index in [0.29, 0.717) is 24.8 Å². The summed E-state index contributed by atoms with van der Waals surface area (Å²) in [4.78, 5) is 0. The minimum Gasteiger partial charge on any atom is -0.464 e. The number of rotatable bonds is 3. The lowest BCUT2D eigenvalue weighted by Gasteiger charge is -2.04. The summed E-state index contributed by atoms with van der Waals surface area (Å²) in [5, 5.41) is 0.323. The van der Waals surface area contributed by atoms with E-state index in [9.17, 15) is 8.78 Å². The highest BCUT2D eigenvalue weighted by Crippen LogP contribution is 2.25. The first kappa shape index (κ1) is 10.1. The lowest BCUT2D eigenvalue weighted by Crippen LogP contribution is -2.03. The Bertz CT molecular complexity index is 479. The third-order valence-electron chi connectivity index (χ3n) is 2.37. The van der Waals surface area contributed by atoms with Crippen LogP contribution in [0.4, 0.5) is 8.78 Å². The van der Waals surface area contributed by atoms with E-state index in [1.54, 1.807) is 0 Å². The quantitative estimate of drug-likeness (QED) is 0.847. The van der Waals surface area contributed by atoms with Crippen molar-refractivity contribution < 1.29 is 13.2 Å². The number of benzene rings is 1. The molecule has 0 saturated carbocycles. The van der Waals surface area contributed by atoms with Crippen LogP contribution in [0.5, 0.6) is 0 Å². The molecule has 0 aliphatic carbocycles. The molecule has 0 unspecified atom stereocenters. The van der Waals surface area contributed by atoms with Crippen LogP contribution in [0.25, 0.3) is 11.0 Å². The molecule has 80 valence electrons. The Morgan fingerprint density at radius 3 is 2.87 bits per heavy atom. The lowest BCUT2D eigenvalue weighted by molar-refractivity contribution is 0.551. The molecule has 0 spiro atoms. The monoisotopic (exact) mass is 211 g/mol. The average molecular weight is 211 g/mol. The van der Waals surface area contributed by atoms with Crippen LogP contribution in [0.1, 0.15) is 12.0 Å². The SMILES string of the molecule is NCCCc1c(F)cc2occc2c1F. The van der Waals surface area contributed by atoms with Crippen molar-refractivity contribution in [3.63, 3.8) is 0 Å². The fourth-order valence-corrected chi connectivity index (χ4v) is 1.59. The molecule has 1 aromatic carbocycles. The molecule has 15 heavy (non-hydrogen) atoms. The van der Waals surface area contributed by atoms with Crippen LogP contribution in [0, 0.1) is 11.6 Å². The van der Waals surface area contributed by atoms with Crippen molar-refractivity contribution in [1.82, 2.24) is 0 Å². The fraction of sp³-hybridized carbons (Fsp3) is 0.273. The summed E-state index contributed by atoms with van der Waals surface area (Å²) < 4.78 is 32.1. The highest BCUT2D eigenvalue weighted by molar-refractivity contribution is 5.78. The van der Waals surface area contributed by atoms with Crippen LogP contribution in [-0.2, 0) is 6.42 Å². The van der Waals surface area contributed by atoms with Crippen molar-refractivity contribution >= 4 is 11.0 Å². The summed E-state index contributed by atoms with van der Waals surface area (Å²) in [5.74, 6) is -1.10. The molecule has 0 radical (unpaired) electrons. The predicted octanol–water partition coefficient (Wildman–Crippen LogP) is 2.60. The maximum absolute atomic E-state index is 13.7. The molecule has 1 heterocycles. The zero-order valence-electron chi connectivity index (χ0n) is 8.09. The van der Waals surface area contributed by atoms with Crippen LogP contribution < -0.4 is 5.73 Å². The smallest absolute Gasteiger partial charge is 0.140 e. The Morgan fingerprint density at radius 2 is 2.13 bits per heavy atom. The van der Waals surface area contributed by atoms with E-state index in [2.05, 4.69) is 0 Å². The van der Waals surface area contributed by atoms with Crippen LogP contribution in [0.3, 0.4) is 0 Å². The topological polar surface area (TPSA) is 39.2 Å². The minimum absolute atomic E-state index is 0.0920. The van der Waals surface area contributed by atoms with E-state index in [0.717, 1.165) is 0 Å². The van der Waals surface area contributed by atoms with Gasteiger partial charge in [-0.25, -0.2) is 8.78 Å². The molecular weight excluding hydrogens is 200 g/mol. The standard InChI is InChI=1S/C11H11F2NO/c12-9-6-10-8(3-5-15-10)11(13)7(9)2-1-4-14/h3,5-6H,1-2,4,14H2. The zero-order chi connectivity index (χ0) is 10.8. The average Bonchev–Trinajstić information content (AvgIpc) is 2.65. The zero-order valence-corrected chi connectivity index (χ0v) is 8.09. The largest absolute Gasteiger partial charge is 0.464 e. The summed E-state index contributed by atoms with van der Waals surface area (Å²) in [6, 6.07) is 2.71. The summed E-state index contributed by atoms with van der Waals surface area (Å²) in [6.45, 7) is 0.419. The van der Waals surface area contributed by atoms with Crippen molar-refractivity contribution in [2.24, 2.45) is 5.73 Å². The number of hydrogen-bond donors (Lipinski definition) is 1. The van der Waals surface area contributed by atoms with Crippen molar-refractivity contribution in [3.05, 3.63) is 35.6 Å². The van der Waals surface area contributed by atoms with Gasteiger partial charge in [-0.1, -0.05) is 0 Å². The lowest BCUT2D eigenvalue weighted by atomic mass is 10.1. The molecule has 0 atom stereocenters. The van der Waals surface area contributed by atoms with E-state index in [4.69, 9.17) is 10.2 Å². The summed E-state index contributed by atoms with van der Waals surface area (Å²) in [5.41, 5.74) is 5.64. The number of halogens is 2. The van der Waals surface area contributed by atoms with Crippen LogP contribution in [0.15, 0.2) is 22.8 Å². The normalized spacial score (nSPS) is 11.1. The second-order valence-corrected chi connectivity index (χ2v) is 3.38. The highest BCUT2D eigenvalue weighted by Gasteiger charge is 2.14. The molecule has 0 fully saturated rings. The molecule has 0 bridgehead atoms. The van der Waals surface area contributed by atoms with Crippen molar-refractivity contribution in [3.8, 4) is 0 Å². The van der Waals surface area contributed by atoms with Gasteiger partial charge in [-0.3, -0.25) is 0 Å². The molecule has 0 amide bonds. The van der Waals surface area contributed by atoms with Crippen molar-refractivity contribution in [2.75, 3.05) is 6.54 Å². The third-order valence-corrected chi connectivity index (χ3v) is 2.37. The van der Waals surface area contributed by atoms with Gasteiger partial charge in [-0.2, -0.15) is 0 Å².